The van der Waals surface area contributed by atoms with E-state index >= 15 is 0 Å². The SMILES string of the molecule is CCCCCCCCCCC/C=C\C/C=C\CCCCCCCCCCCC(=O)NC(COP(=O)(O)OCC[N+](C)(C)C)C(O)/C=C/CCCCCCCCCCCCCCCCCCCCCC. The molecule has 0 saturated heterocycles. The number of amides is 1. The summed E-state index contributed by atoms with van der Waals surface area (Å²) in [5, 5.41) is 14.0. The number of phosphoric acid groups is 1. The molecule has 0 aliphatic heterocycles. The van der Waals surface area contributed by atoms with Crippen LogP contribution < -0.4 is 5.32 Å². The van der Waals surface area contributed by atoms with E-state index in [1.807, 2.05) is 27.2 Å². The lowest BCUT2D eigenvalue weighted by Gasteiger charge is -2.25. The number of hydrogen-bond donors (Lipinski definition) is 3. The summed E-state index contributed by atoms with van der Waals surface area (Å²) in [6.07, 6.45) is 66.7. The molecule has 1 amide bonds. The molecule has 0 radical (unpaired) electrons. The van der Waals surface area contributed by atoms with Crippen LogP contribution in [0.2, 0.25) is 0 Å². The normalized spacial score (nSPS) is 14.1. The first-order chi connectivity index (χ1) is 33.5. The molecule has 3 N–H and O–H groups in total. The van der Waals surface area contributed by atoms with Gasteiger partial charge in [-0.1, -0.05) is 269 Å². The molecular formula is C60H118N2O6P+. The van der Waals surface area contributed by atoms with Gasteiger partial charge in [0.15, 0.2) is 0 Å². The van der Waals surface area contributed by atoms with Crippen LogP contribution >= 0.6 is 7.82 Å². The number of nitrogens with zero attached hydrogens (tertiary/aromatic N) is 1. The van der Waals surface area contributed by atoms with Crippen molar-refractivity contribution in [3.8, 4) is 0 Å². The van der Waals surface area contributed by atoms with E-state index in [0.29, 0.717) is 17.4 Å². The van der Waals surface area contributed by atoms with Gasteiger partial charge < -0.3 is 19.8 Å². The smallest absolute Gasteiger partial charge is 0.387 e. The maximum atomic E-state index is 13.0. The fourth-order valence-electron chi connectivity index (χ4n) is 8.90. The van der Waals surface area contributed by atoms with E-state index in [4.69, 9.17) is 9.05 Å². The lowest BCUT2D eigenvalue weighted by Crippen LogP contribution is -2.45. The van der Waals surface area contributed by atoms with E-state index in [-0.39, 0.29) is 19.1 Å². The first kappa shape index (κ1) is 67.7. The molecule has 69 heavy (non-hydrogen) atoms. The summed E-state index contributed by atoms with van der Waals surface area (Å²) in [4.78, 5) is 23.3. The van der Waals surface area contributed by atoms with E-state index in [1.54, 1.807) is 6.08 Å². The van der Waals surface area contributed by atoms with Crippen LogP contribution in [0.4, 0.5) is 0 Å². The van der Waals surface area contributed by atoms with Crippen molar-refractivity contribution in [2.75, 3.05) is 40.9 Å². The number of carbonyl (C=O) groups is 1. The van der Waals surface area contributed by atoms with Crippen molar-refractivity contribution in [2.45, 2.75) is 302 Å². The van der Waals surface area contributed by atoms with Crippen LogP contribution in [0, 0.1) is 0 Å². The quantitative estimate of drug-likeness (QED) is 0.0243. The predicted octanol–water partition coefficient (Wildman–Crippen LogP) is 18.2. The fraction of sp³-hybridized carbons (Fsp3) is 0.883. The Balaban J connectivity index is 4.20. The molecule has 0 aromatic carbocycles. The molecule has 0 fully saturated rings. The number of likely N-dealkylation sites (N-methyl/N-ethyl adjacent to an activating group) is 1. The van der Waals surface area contributed by atoms with Gasteiger partial charge >= 0.3 is 7.82 Å². The molecule has 3 unspecified atom stereocenters. The molecule has 0 spiro atoms. The number of phosphoric ester groups is 1. The third-order valence-electron chi connectivity index (χ3n) is 13.6. The highest BCUT2D eigenvalue weighted by molar-refractivity contribution is 7.47. The summed E-state index contributed by atoms with van der Waals surface area (Å²) in [7, 11) is 1.58. The highest BCUT2D eigenvalue weighted by Crippen LogP contribution is 2.43. The molecule has 408 valence electrons. The van der Waals surface area contributed by atoms with Crippen molar-refractivity contribution in [3.63, 3.8) is 0 Å². The average molecular weight is 995 g/mol. The van der Waals surface area contributed by atoms with Gasteiger partial charge in [0, 0.05) is 6.42 Å². The first-order valence-electron chi connectivity index (χ1n) is 29.9. The number of nitrogens with one attached hydrogen (secondary N) is 1. The lowest BCUT2D eigenvalue weighted by atomic mass is 10.0. The number of hydrogen-bond acceptors (Lipinski definition) is 5. The molecule has 0 saturated carbocycles. The maximum absolute atomic E-state index is 13.0. The van der Waals surface area contributed by atoms with Crippen molar-refractivity contribution in [3.05, 3.63) is 36.5 Å². The number of quaternary nitrogens is 1. The van der Waals surface area contributed by atoms with Gasteiger partial charge in [-0.2, -0.15) is 0 Å². The Kier molecular flexibility index (Phi) is 50.7. The van der Waals surface area contributed by atoms with Crippen molar-refractivity contribution < 1.29 is 32.9 Å². The Morgan fingerprint density at radius 2 is 0.826 bits per heavy atom. The number of rotatable bonds is 55. The maximum Gasteiger partial charge on any atom is 0.472 e. The Bertz CT molecular complexity index is 1220. The van der Waals surface area contributed by atoms with Crippen LogP contribution in [0.5, 0.6) is 0 Å². The van der Waals surface area contributed by atoms with Crippen LogP contribution in [0.1, 0.15) is 290 Å². The highest BCUT2D eigenvalue weighted by Gasteiger charge is 2.27. The summed E-state index contributed by atoms with van der Waals surface area (Å²) in [6.45, 7) is 4.85. The van der Waals surface area contributed by atoms with E-state index in [9.17, 15) is 19.4 Å². The molecule has 3 atom stereocenters. The molecule has 0 aliphatic carbocycles. The van der Waals surface area contributed by atoms with Crippen LogP contribution in [0.25, 0.3) is 0 Å². The van der Waals surface area contributed by atoms with Gasteiger partial charge in [-0.15, -0.1) is 0 Å². The monoisotopic (exact) mass is 994 g/mol. The van der Waals surface area contributed by atoms with Crippen molar-refractivity contribution in [1.82, 2.24) is 5.32 Å². The van der Waals surface area contributed by atoms with E-state index in [1.165, 1.54) is 225 Å². The highest BCUT2D eigenvalue weighted by atomic mass is 31.2. The third kappa shape index (κ3) is 54.3. The molecule has 8 nitrogen and oxygen atoms in total. The number of aliphatic hydroxyl groups is 1. The zero-order valence-electron chi connectivity index (χ0n) is 46.6. The third-order valence-corrected chi connectivity index (χ3v) is 14.6. The second kappa shape index (κ2) is 51.6. The molecule has 0 aromatic rings. The second-order valence-corrected chi connectivity index (χ2v) is 23.2. The van der Waals surface area contributed by atoms with E-state index < -0.39 is 20.0 Å². The largest absolute Gasteiger partial charge is 0.472 e. The molecule has 9 heteroatoms. The molecular weight excluding hydrogens is 876 g/mol. The van der Waals surface area contributed by atoms with Gasteiger partial charge in [0.05, 0.1) is 39.9 Å². The average Bonchev–Trinajstić information content (AvgIpc) is 3.31. The summed E-state index contributed by atoms with van der Waals surface area (Å²) >= 11 is 0. The fourth-order valence-corrected chi connectivity index (χ4v) is 9.63. The van der Waals surface area contributed by atoms with Gasteiger partial charge in [0.25, 0.3) is 0 Å². The van der Waals surface area contributed by atoms with Crippen molar-refractivity contribution in [2.24, 2.45) is 0 Å². The van der Waals surface area contributed by atoms with Gasteiger partial charge in [-0.05, 0) is 51.4 Å². The Labute approximate surface area is 429 Å². The minimum Gasteiger partial charge on any atom is -0.387 e. The van der Waals surface area contributed by atoms with Crippen molar-refractivity contribution in [1.29, 1.82) is 0 Å². The predicted molar refractivity (Wildman–Crippen MR) is 300 cm³/mol. The number of unbranched alkanes of at least 4 members (excludes halogenated alkanes) is 38. The van der Waals surface area contributed by atoms with Gasteiger partial charge in [0.1, 0.15) is 13.2 Å². The Morgan fingerprint density at radius 3 is 1.19 bits per heavy atom. The standard InChI is InChI=1S/C60H117N2O6P/c1-6-8-10-12-14-16-18-20-22-24-26-28-30-31-32-34-36-38-40-42-44-46-48-50-52-54-60(64)61-58(57-68-69(65,66)67-56-55-62(3,4)5)59(63)53-51-49-47-45-43-41-39-37-35-33-29-27-25-23-21-19-17-15-13-11-9-7-2/h26,28,31-32,51,53,58-59,63H,6-25,27,29-30,33-50,52,54-57H2,1-5H3,(H-,61,64,65,66)/p+1/b28-26-,32-31-,53-51+. The molecule has 0 aliphatic rings. The molecule has 0 rings (SSSR count). The second-order valence-electron chi connectivity index (χ2n) is 21.7. The summed E-state index contributed by atoms with van der Waals surface area (Å²) in [5.74, 6) is -0.178. The minimum absolute atomic E-state index is 0.0611. The van der Waals surface area contributed by atoms with Crippen LogP contribution in [0.15, 0.2) is 36.5 Å². The van der Waals surface area contributed by atoms with E-state index in [0.717, 1.165) is 44.9 Å². The van der Waals surface area contributed by atoms with Gasteiger partial charge in [-0.25, -0.2) is 4.57 Å². The first-order valence-corrected chi connectivity index (χ1v) is 31.4. The van der Waals surface area contributed by atoms with E-state index in [2.05, 4.69) is 43.5 Å². The molecule has 0 aromatic heterocycles. The summed E-state index contributed by atoms with van der Waals surface area (Å²) in [5.41, 5.74) is 0. The zero-order valence-corrected chi connectivity index (χ0v) is 47.5. The van der Waals surface area contributed by atoms with Crippen LogP contribution in [-0.2, 0) is 18.4 Å². The van der Waals surface area contributed by atoms with Crippen LogP contribution in [0.3, 0.4) is 0 Å². The Hall–Kier alpha value is -1.28. The van der Waals surface area contributed by atoms with Crippen molar-refractivity contribution >= 4 is 13.7 Å². The van der Waals surface area contributed by atoms with Crippen LogP contribution in [-0.4, -0.2) is 73.4 Å². The lowest BCUT2D eigenvalue weighted by molar-refractivity contribution is -0.870. The number of allylic oxidation sites excluding steroid dienone is 5. The summed E-state index contributed by atoms with van der Waals surface area (Å²) in [6, 6.07) is -0.849. The number of carbonyl (C=O) groups excluding carboxylic acids is 1. The molecule has 0 heterocycles. The Morgan fingerprint density at radius 1 is 0.493 bits per heavy atom. The minimum atomic E-state index is -4.35. The zero-order chi connectivity index (χ0) is 50.6. The summed E-state index contributed by atoms with van der Waals surface area (Å²) < 4.78 is 23.7. The van der Waals surface area contributed by atoms with Gasteiger partial charge in [-0.3, -0.25) is 13.8 Å². The topological polar surface area (TPSA) is 105 Å². The molecule has 0 bridgehead atoms. The number of aliphatic hydroxyl groups excluding tert-OH is 1. The van der Waals surface area contributed by atoms with Gasteiger partial charge in [0.2, 0.25) is 5.91 Å².